The SMILES string of the molecule is CCCN(Cc1ncc(-c2ccc(-c3ccc(-c4cnc(CN(CCC)C(=O)[C@@H](NC(=O)OC)c5ccccc5)[nH]4)cc3)cc2)[nH]1)C(=O)CNC(=O)OC. The van der Waals surface area contributed by atoms with Gasteiger partial charge < -0.3 is 39.9 Å². The third-order valence-electron chi connectivity index (χ3n) is 8.71. The number of alkyl carbamates (subject to hydrolysis) is 2. The Morgan fingerprint density at radius 3 is 1.65 bits per heavy atom. The number of methoxy groups -OCH3 is 2. The van der Waals surface area contributed by atoms with E-state index in [1.54, 1.807) is 34.3 Å². The number of imidazole rings is 2. The van der Waals surface area contributed by atoms with Crippen LogP contribution in [-0.2, 0) is 32.2 Å². The van der Waals surface area contributed by atoms with Crippen LogP contribution in [0.3, 0.4) is 0 Å². The quantitative estimate of drug-likeness (QED) is 0.0946. The molecule has 0 saturated carbocycles. The molecule has 4 amide bonds. The first-order chi connectivity index (χ1) is 26.2. The highest BCUT2D eigenvalue weighted by atomic mass is 16.5. The van der Waals surface area contributed by atoms with E-state index < -0.39 is 18.2 Å². The van der Waals surface area contributed by atoms with Crippen molar-refractivity contribution < 1.29 is 28.7 Å². The highest BCUT2D eigenvalue weighted by Gasteiger charge is 2.28. The molecule has 0 fully saturated rings. The van der Waals surface area contributed by atoms with Gasteiger partial charge in [0, 0.05) is 13.1 Å². The van der Waals surface area contributed by atoms with Gasteiger partial charge in [0.1, 0.15) is 24.2 Å². The fourth-order valence-electron chi connectivity index (χ4n) is 5.95. The van der Waals surface area contributed by atoms with Gasteiger partial charge in [-0.15, -0.1) is 0 Å². The summed E-state index contributed by atoms with van der Waals surface area (Å²) in [5.41, 5.74) is 6.27. The average molecular weight is 735 g/mol. The minimum absolute atomic E-state index is 0.152. The molecule has 14 nitrogen and oxygen atoms in total. The van der Waals surface area contributed by atoms with Crippen molar-refractivity contribution in [1.29, 1.82) is 0 Å². The maximum absolute atomic E-state index is 13.8. The highest BCUT2D eigenvalue weighted by Crippen LogP contribution is 2.27. The Labute approximate surface area is 314 Å². The summed E-state index contributed by atoms with van der Waals surface area (Å²) < 4.78 is 9.35. The Morgan fingerprint density at radius 1 is 0.667 bits per heavy atom. The number of carbonyl (C=O) groups is 4. The topological polar surface area (TPSA) is 175 Å². The van der Waals surface area contributed by atoms with Crippen molar-refractivity contribution in [2.24, 2.45) is 0 Å². The highest BCUT2D eigenvalue weighted by molar-refractivity contribution is 5.87. The zero-order valence-corrected chi connectivity index (χ0v) is 30.9. The fourth-order valence-corrected chi connectivity index (χ4v) is 5.95. The van der Waals surface area contributed by atoms with Crippen molar-refractivity contribution in [1.82, 2.24) is 40.4 Å². The van der Waals surface area contributed by atoms with Gasteiger partial charge in [-0.05, 0) is 40.7 Å². The second-order valence-corrected chi connectivity index (χ2v) is 12.5. The maximum atomic E-state index is 13.8. The van der Waals surface area contributed by atoms with Gasteiger partial charge in [0.2, 0.25) is 11.8 Å². The minimum Gasteiger partial charge on any atom is -0.453 e. The average Bonchev–Trinajstić information content (AvgIpc) is 3.89. The van der Waals surface area contributed by atoms with E-state index >= 15 is 0 Å². The molecular weight excluding hydrogens is 688 g/mol. The third kappa shape index (κ3) is 10.1. The summed E-state index contributed by atoms with van der Waals surface area (Å²) >= 11 is 0. The zero-order chi connectivity index (χ0) is 38.5. The molecule has 0 bridgehead atoms. The first-order valence-corrected chi connectivity index (χ1v) is 17.8. The van der Waals surface area contributed by atoms with E-state index in [-0.39, 0.29) is 31.4 Å². The van der Waals surface area contributed by atoms with Crippen LogP contribution in [0.1, 0.15) is 49.9 Å². The van der Waals surface area contributed by atoms with Crippen molar-refractivity contribution in [2.45, 2.75) is 45.8 Å². The molecule has 0 saturated heterocycles. The molecule has 2 heterocycles. The summed E-state index contributed by atoms with van der Waals surface area (Å²) in [6.45, 7) is 5.35. The minimum atomic E-state index is -0.902. The lowest BCUT2D eigenvalue weighted by Gasteiger charge is -2.27. The molecule has 282 valence electrons. The van der Waals surface area contributed by atoms with Crippen LogP contribution >= 0.6 is 0 Å². The van der Waals surface area contributed by atoms with Crippen LogP contribution < -0.4 is 10.6 Å². The number of aromatic amines is 2. The predicted molar refractivity (Wildman–Crippen MR) is 204 cm³/mol. The first kappa shape index (κ1) is 38.8. The van der Waals surface area contributed by atoms with E-state index in [0.29, 0.717) is 30.3 Å². The lowest BCUT2D eigenvalue weighted by Crippen LogP contribution is -2.43. The predicted octanol–water partition coefficient (Wildman–Crippen LogP) is 6.06. The maximum Gasteiger partial charge on any atom is 0.407 e. The van der Waals surface area contributed by atoms with Gasteiger partial charge in [0.25, 0.3) is 0 Å². The first-order valence-electron chi connectivity index (χ1n) is 17.8. The fraction of sp³-hybridized carbons (Fsp3) is 0.300. The standard InChI is InChI=1S/C40H46N8O6/c1-5-20-47(36(49)24-43-39(51)53-3)25-34-41-22-32(44-34)29-16-12-27(13-17-29)28-14-18-30(19-15-28)33-23-42-35(45-33)26-48(21-6-2)38(50)37(46-40(52)54-4)31-10-8-7-9-11-31/h7-19,22-23,37H,5-6,20-21,24-26H2,1-4H3,(H,41,44)(H,42,45)(H,43,51)(H,46,52)/t37-/m0/s1. The van der Waals surface area contributed by atoms with Crippen LogP contribution in [0, 0.1) is 0 Å². The largest absolute Gasteiger partial charge is 0.453 e. The van der Waals surface area contributed by atoms with Gasteiger partial charge in [-0.1, -0.05) is 92.7 Å². The Morgan fingerprint density at radius 2 is 1.15 bits per heavy atom. The number of aromatic nitrogens is 4. The molecule has 0 aliphatic rings. The molecule has 54 heavy (non-hydrogen) atoms. The monoisotopic (exact) mass is 734 g/mol. The second-order valence-electron chi connectivity index (χ2n) is 12.5. The van der Waals surface area contributed by atoms with Gasteiger partial charge in [0.05, 0.1) is 51.1 Å². The van der Waals surface area contributed by atoms with E-state index in [2.05, 4.69) is 35.3 Å². The summed E-state index contributed by atoms with van der Waals surface area (Å²) in [5, 5.41) is 5.11. The van der Waals surface area contributed by atoms with E-state index in [1.165, 1.54) is 14.2 Å². The van der Waals surface area contributed by atoms with Gasteiger partial charge in [-0.3, -0.25) is 9.59 Å². The number of rotatable bonds is 16. The van der Waals surface area contributed by atoms with Gasteiger partial charge in [0.15, 0.2) is 0 Å². The Hall–Kier alpha value is -6.44. The lowest BCUT2D eigenvalue weighted by atomic mass is 10.0. The van der Waals surface area contributed by atoms with Gasteiger partial charge in [-0.25, -0.2) is 19.6 Å². The number of ether oxygens (including phenoxy) is 2. The molecule has 1 atom stereocenters. The van der Waals surface area contributed by atoms with E-state index in [0.717, 1.165) is 46.5 Å². The van der Waals surface area contributed by atoms with E-state index in [4.69, 9.17) is 4.74 Å². The molecule has 2 aromatic heterocycles. The summed E-state index contributed by atoms with van der Waals surface area (Å²) in [5.74, 6) is 0.783. The Balaban J connectivity index is 1.22. The summed E-state index contributed by atoms with van der Waals surface area (Å²) in [6, 6.07) is 24.4. The van der Waals surface area contributed by atoms with Crippen LogP contribution in [0.15, 0.2) is 91.3 Å². The van der Waals surface area contributed by atoms with Crippen molar-refractivity contribution in [2.75, 3.05) is 33.9 Å². The molecule has 5 aromatic rings. The number of benzene rings is 3. The number of amides is 4. The van der Waals surface area contributed by atoms with Crippen molar-refractivity contribution in [3.05, 3.63) is 108 Å². The molecule has 0 spiro atoms. The van der Waals surface area contributed by atoms with Crippen molar-refractivity contribution in [3.63, 3.8) is 0 Å². The molecule has 0 aliphatic carbocycles. The van der Waals surface area contributed by atoms with Gasteiger partial charge in [-0.2, -0.15) is 0 Å². The van der Waals surface area contributed by atoms with Crippen molar-refractivity contribution >= 4 is 24.0 Å². The zero-order valence-electron chi connectivity index (χ0n) is 30.9. The van der Waals surface area contributed by atoms with Crippen molar-refractivity contribution in [3.8, 4) is 33.6 Å². The Kier molecular flexibility index (Phi) is 13.6. The number of hydrogen-bond donors (Lipinski definition) is 4. The number of carbonyl (C=O) groups excluding carboxylic acids is 4. The molecule has 0 unspecified atom stereocenters. The molecule has 4 N–H and O–H groups in total. The van der Waals surface area contributed by atoms with Crippen LogP contribution in [0.2, 0.25) is 0 Å². The third-order valence-corrected chi connectivity index (χ3v) is 8.71. The number of nitrogens with one attached hydrogen (secondary N) is 4. The van der Waals surface area contributed by atoms with E-state index in [1.807, 2.05) is 80.6 Å². The number of hydrogen-bond acceptors (Lipinski definition) is 8. The lowest BCUT2D eigenvalue weighted by molar-refractivity contribution is -0.134. The number of H-pyrrole nitrogens is 2. The van der Waals surface area contributed by atoms with Crippen LogP contribution in [-0.4, -0.2) is 87.6 Å². The molecular formula is C40H46N8O6. The van der Waals surface area contributed by atoms with Crippen LogP contribution in [0.4, 0.5) is 9.59 Å². The van der Waals surface area contributed by atoms with Gasteiger partial charge >= 0.3 is 12.2 Å². The Bertz CT molecular complexity index is 1990. The van der Waals surface area contributed by atoms with Crippen LogP contribution in [0.25, 0.3) is 33.6 Å². The molecule has 0 aliphatic heterocycles. The van der Waals surface area contributed by atoms with E-state index in [9.17, 15) is 19.2 Å². The molecule has 3 aromatic carbocycles. The normalized spacial score (nSPS) is 11.3. The molecule has 5 rings (SSSR count). The molecule has 0 radical (unpaired) electrons. The summed E-state index contributed by atoms with van der Waals surface area (Å²) in [4.78, 5) is 69.0. The molecule has 14 heteroatoms. The second kappa shape index (κ2) is 18.9. The smallest absolute Gasteiger partial charge is 0.407 e. The number of nitrogens with zero attached hydrogens (tertiary/aromatic N) is 4. The summed E-state index contributed by atoms with van der Waals surface area (Å²) in [7, 11) is 2.52. The summed E-state index contributed by atoms with van der Waals surface area (Å²) in [6.07, 6.45) is 3.65. The van der Waals surface area contributed by atoms with Crippen LogP contribution in [0.5, 0.6) is 0 Å².